The van der Waals surface area contributed by atoms with E-state index in [1.54, 1.807) is 0 Å². The van der Waals surface area contributed by atoms with Crippen molar-refractivity contribution in [3.05, 3.63) is 48.2 Å². The first-order valence-corrected chi connectivity index (χ1v) is 9.33. The molecule has 0 radical (unpaired) electrons. The van der Waals surface area contributed by atoms with E-state index in [0.717, 1.165) is 57.1 Å². The van der Waals surface area contributed by atoms with Gasteiger partial charge in [-0.1, -0.05) is 30.3 Å². The third-order valence-electron chi connectivity index (χ3n) is 5.23. The highest BCUT2D eigenvalue weighted by atomic mass is 16.5. The van der Waals surface area contributed by atoms with Crippen molar-refractivity contribution >= 4 is 11.8 Å². The number of rotatable bonds is 4. The summed E-state index contributed by atoms with van der Waals surface area (Å²) >= 11 is 0. The Bertz CT molecular complexity index is 664. The Hall–Kier alpha value is -2.14. The van der Waals surface area contributed by atoms with Crippen molar-refractivity contribution in [2.45, 2.75) is 19.3 Å². The summed E-state index contributed by atoms with van der Waals surface area (Å²) < 4.78 is 5.42. The monoisotopic (exact) mass is 338 g/mol. The molecule has 3 heterocycles. The van der Waals surface area contributed by atoms with E-state index in [1.807, 2.05) is 12.3 Å². The zero-order chi connectivity index (χ0) is 16.9. The van der Waals surface area contributed by atoms with Crippen LogP contribution >= 0.6 is 0 Å². The number of benzene rings is 1. The lowest BCUT2D eigenvalue weighted by atomic mass is 9.90. The topological polar surface area (TPSA) is 41.5 Å². The quantitative estimate of drug-likeness (QED) is 0.857. The molecule has 25 heavy (non-hydrogen) atoms. The van der Waals surface area contributed by atoms with E-state index in [1.165, 1.54) is 24.8 Å². The molecule has 1 aromatic heterocycles. The van der Waals surface area contributed by atoms with Crippen LogP contribution in [0.25, 0.3) is 0 Å². The van der Waals surface area contributed by atoms with Crippen LogP contribution in [0.15, 0.2) is 42.6 Å². The first kappa shape index (κ1) is 16.3. The average Bonchev–Trinajstić information content (AvgIpc) is 2.70. The van der Waals surface area contributed by atoms with E-state index in [4.69, 9.17) is 9.72 Å². The van der Waals surface area contributed by atoms with Crippen molar-refractivity contribution in [2.24, 2.45) is 5.92 Å². The second-order valence-corrected chi connectivity index (χ2v) is 6.93. The Morgan fingerprint density at radius 2 is 1.68 bits per heavy atom. The van der Waals surface area contributed by atoms with Gasteiger partial charge in [-0.05, 0) is 36.8 Å². The predicted molar refractivity (Wildman–Crippen MR) is 100 cm³/mol. The number of piperidine rings is 1. The highest BCUT2D eigenvalue weighted by Gasteiger charge is 2.21. The molecule has 5 heteroatoms. The van der Waals surface area contributed by atoms with Crippen LogP contribution in [0, 0.1) is 5.92 Å². The van der Waals surface area contributed by atoms with Crippen molar-refractivity contribution in [1.82, 2.24) is 9.97 Å². The second kappa shape index (κ2) is 7.83. The van der Waals surface area contributed by atoms with Gasteiger partial charge in [0, 0.05) is 32.4 Å². The highest BCUT2D eigenvalue weighted by molar-refractivity contribution is 5.44. The Labute approximate surface area is 149 Å². The third kappa shape index (κ3) is 4.10. The molecule has 4 rings (SSSR count). The Morgan fingerprint density at radius 1 is 0.920 bits per heavy atom. The van der Waals surface area contributed by atoms with Gasteiger partial charge in [0.2, 0.25) is 5.95 Å². The van der Waals surface area contributed by atoms with Crippen LogP contribution in [0.4, 0.5) is 11.8 Å². The average molecular weight is 338 g/mol. The number of anilines is 2. The van der Waals surface area contributed by atoms with Crippen LogP contribution in [0.3, 0.4) is 0 Å². The van der Waals surface area contributed by atoms with E-state index in [-0.39, 0.29) is 0 Å². The van der Waals surface area contributed by atoms with Crippen LogP contribution in [-0.2, 0) is 11.2 Å². The number of nitrogens with zero attached hydrogens (tertiary/aromatic N) is 4. The molecule has 2 aliphatic rings. The second-order valence-electron chi connectivity index (χ2n) is 6.93. The minimum atomic E-state index is 0.762. The summed E-state index contributed by atoms with van der Waals surface area (Å²) in [5, 5.41) is 0. The molecule has 0 amide bonds. The molecule has 2 fully saturated rings. The van der Waals surface area contributed by atoms with E-state index in [9.17, 15) is 0 Å². The SMILES string of the molecule is c1ccc(CC2CCN(c3ccnc(N4CCOCC4)n3)CC2)cc1. The molecule has 0 aliphatic carbocycles. The zero-order valence-electron chi connectivity index (χ0n) is 14.7. The van der Waals surface area contributed by atoms with E-state index in [2.05, 4.69) is 45.1 Å². The molecule has 0 atom stereocenters. The predicted octanol–water partition coefficient (Wildman–Crippen LogP) is 2.77. The van der Waals surface area contributed by atoms with Crippen LogP contribution < -0.4 is 9.80 Å². The Kier molecular flexibility index (Phi) is 5.11. The number of ether oxygens (including phenoxy) is 1. The first-order valence-electron chi connectivity index (χ1n) is 9.33. The van der Waals surface area contributed by atoms with Gasteiger partial charge in [0.25, 0.3) is 0 Å². The fraction of sp³-hybridized carbons (Fsp3) is 0.500. The molecule has 132 valence electrons. The smallest absolute Gasteiger partial charge is 0.227 e. The van der Waals surface area contributed by atoms with Gasteiger partial charge in [0.15, 0.2) is 0 Å². The summed E-state index contributed by atoms with van der Waals surface area (Å²) in [6.07, 6.45) is 5.54. The summed E-state index contributed by atoms with van der Waals surface area (Å²) in [5.41, 5.74) is 1.46. The Morgan fingerprint density at radius 3 is 2.44 bits per heavy atom. The number of hydrogen-bond donors (Lipinski definition) is 0. The summed E-state index contributed by atoms with van der Waals surface area (Å²) in [7, 11) is 0. The van der Waals surface area contributed by atoms with Gasteiger partial charge in [-0.3, -0.25) is 0 Å². The maximum Gasteiger partial charge on any atom is 0.227 e. The summed E-state index contributed by atoms with van der Waals surface area (Å²) in [6.45, 7) is 5.44. The van der Waals surface area contributed by atoms with Gasteiger partial charge in [-0.25, -0.2) is 4.98 Å². The van der Waals surface area contributed by atoms with E-state index < -0.39 is 0 Å². The summed E-state index contributed by atoms with van der Waals surface area (Å²) in [5.74, 6) is 2.68. The molecular weight excluding hydrogens is 312 g/mol. The maximum atomic E-state index is 5.42. The molecule has 2 aromatic rings. The lowest BCUT2D eigenvalue weighted by Crippen LogP contribution is -2.38. The van der Waals surface area contributed by atoms with Gasteiger partial charge in [0.1, 0.15) is 5.82 Å². The molecule has 2 aliphatic heterocycles. The van der Waals surface area contributed by atoms with E-state index >= 15 is 0 Å². The van der Waals surface area contributed by atoms with Crippen LogP contribution in [0.1, 0.15) is 18.4 Å². The largest absolute Gasteiger partial charge is 0.378 e. The molecule has 0 saturated carbocycles. The Balaban J connectivity index is 1.36. The lowest BCUT2D eigenvalue weighted by Gasteiger charge is -2.33. The van der Waals surface area contributed by atoms with Crippen LogP contribution in [0.5, 0.6) is 0 Å². The van der Waals surface area contributed by atoms with Crippen molar-refractivity contribution in [3.63, 3.8) is 0 Å². The van der Waals surface area contributed by atoms with Crippen molar-refractivity contribution < 1.29 is 4.74 Å². The highest BCUT2D eigenvalue weighted by Crippen LogP contribution is 2.25. The first-order chi connectivity index (χ1) is 12.4. The van der Waals surface area contributed by atoms with Gasteiger partial charge in [0.05, 0.1) is 13.2 Å². The van der Waals surface area contributed by atoms with Gasteiger partial charge in [-0.2, -0.15) is 4.98 Å². The molecule has 5 nitrogen and oxygen atoms in total. The van der Waals surface area contributed by atoms with Crippen molar-refractivity contribution in [3.8, 4) is 0 Å². The molecule has 0 spiro atoms. The fourth-order valence-electron chi connectivity index (χ4n) is 3.74. The lowest BCUT2D eigenvalue weighted by molar-refractivity contribution is 0.122. The van der Waals surface area contributed by atoms with Gasteiger partial charge < -0.3 is 14.5 Å². The summed E-state index contributed by atoms with van der Waals surface area (Å²) in [4.78, 5) is 13.9. The van der Waals surface area contributed by atoms with Crippen LogP contribution in [0.2, 0.25) is 0 Å². The number of hydrogen-bond acceptors (Lipinski definition) is 5. The molecule has 0 bridgehead atoms. The molecule has 0 N–H and O–H groups in total. The zero-order valence-corrected chi connectivity index (χ0v) is 14.7. The molecule has 2 saturated heterocycles. The maximum absolute atomic E-state index is 5.42. The number of morpholine rings is 1. The minimum Gasteiger partial charge on any atom is -0.378 e. The minimum absolute atomic E-state index is 0.762. The third-order valence-corrected chi connectivity index (χ3v) is 5.23. The molecule has 1 aromatic carbocycles. The molecule has 0 unspecified atom stereocenters. The summed E-state index contributed by atoms with van der Waals surface area (Å²) in [6, 6.07) is 12.9. The molecular formula is C20H26N4O. The van der Waals surface area contributed by atoms with Crippen molar-refractivity contribution in [2.75, 3.05) is 49.2 Å². The van der Waals surface area contributed by atoms with Crippen LogP contribution in [-0.4, -0.2) is 49.4 Å². The van der Waals surface area contributed by atoms with Crippen molar-refractivity contribution in [1.29, 1.82) is 0 Å². The fourth-order valence-corrected chi connectivity index (χ4v) is 3.74. The van der Waals surface area contributed by atoms with Gasteiger partial charge in [-0.15, -0.1) is 0 Å². The normalized spacial score (nSPS) is 19.2. The standard InChI is InChI=1S/C20H26N4O/c1-2-4-17(5-3-1)16-18-7-10-23(11-8-18)19-6-9-21-20(22-19)24-12-14-25-15-13-24/h1-6,9,18H,7-8,10-16H2. The number of aromatic nitrogens is 2. The van der Waals surface area contributed by atoms with Gasteiger partial charge >= 0.3 is 0 Å². The van der Waals surface area contributed by atoms with E-state index in [0.29, 0.717) is 0 Å².